The van der Waals surface area contributed by atoms with Gasteiger partial charge in [0.05, 0.1) is 0 Å². The van der Waals surface area contributed by atoms with Gasteiger partial charge in [0.1, 0.15) is 0 Å². The molecule has 4 rings (SSSR count). The van der Waals surface area contributed by atoms with E-state index in [0.29, 0.717) is 0 Å². The molecule has 1 heteroatoms. The van der Waals surface area contributed by atoms with E-state index in [1.165, 1.54) is 33.4 Å². The molecule has 0 amide bonds. The topological polar surface area (TPSA) is 12.0 Å². The molecule has 4 aromatic carbocycles. The second-order valence-corrected chi connectivity index (χ2v) is 7.36. The van der Waals surface area contributed by atoms with E-state index in [9.17, 15) is 0 Å². The van der Waals surface area contributed by atoms with Gasteiger partial charge in [-0.05, 0) is 72.0 Å². The first kappa shape index (κ1) is 18.8. The second kappa shape index (κ2) is 8.62. The monoisotopic (exact) mass is 375 g/mol. The van der Waals surface area contributed by atoms with Gasteiger partial charge in [-0.2, -0.15) is 0 Å². The van der Waals surface area contributed by atoms with Gasteiger partial charge in [0.25, 0.3) is 0 Å². The minimum Gasteiger partial charge on any atom is -0.356 e. The van der Waals surface area contributed by atoms with Gasteiger partial charge in [0.15, 0.2) is 0 Å². The van der Waals surface area contributed by atoms with Crippen molar-refractivity contribution in [2.24, 2.45) is 0 Å². The summed E-state index contributed by atoms with van der Waals surface area (Å²) in [6, 6.07) is 36.1. The zero-order valence-corrected chi connectivity index (χ0v) is 16.9. The van der Waals surface area contributed by atoms with Gasteiger partial charge >= 0.3 is 0 Å². The quantitative estimate of drug-likeness (QED) is 0.353. The van der Waals surface area contributed by atoms with Gasteiger partial charge < -0.3 is 5.32 Å². The number of para-hydroxylation sites is 1. The molecular formula is C28H25N. The van der Waals surface area contributed by atoms with Crippen molar-refractivity contribution in [3.05, 3.63) is 131 Å². The molecule has 4 aromatic rings. The lowest BCUT2D eigenvalue weighted by molar-refractivity contribution is 1.36. The summed E-state index contributed by atoms with van der Waals surface area (Å²) in [7, 11) is 0. The van der Waals surface area contributed by atoms with E-state index in [0.717, 1.165) is 11.4 Å². The first-order valence-electron chi connectivity index (χ1n) is 9.96. The fourth-order valence-corrected chi connectivity index (χ4v) is 3.48. The van der Waals surface area contributed by atoms with Gasteiger partial charge in [-0.25, -0.2) is 0 Å². The molecule has 0 bridgehead atoms. The first-order chi connectivity index (χ1) is 14.2. The molecule has 142 valence electrons. The highest BCUT2D eigenvalue weighted by Gasteiger charge is 2.09. The molecule has 0 saturated carbocycles. The van der Waals surface area contributed by atoms with Crippen molar-refractivity contribution in [1.29, 1.82) is 0 Å². The fraction of sp³-hybridized carbons (Fsp3) is 0.0714. The van der Waals surface area contributed by atoms with Crippen molar-refractivity contribution in [2.45, 2.75) is 13.8 Å². The van der Waals surface area contributed by atoms with E-state index in [-0.39, 0.29) is 0 Å². The van der Waals surface area contributed by atoms with Crippen LogP contribution in [0.15, 0.2) is 103 Å². The summed E-state index contributed by atoms with van der Waals surface area (Å²) in [6.07, 6.45) is 2.28. The van der Waals surface area contributed by atoms with Crippen LogP contribution >= 0.6 is 0 Å². The average Bonchev–Trinajstić information content (AvgIpc) is 2.76. The van der Waals surface area contributed by atoms with Gasteiger partial charge in [-0.3, -0.25) is 0 Å². The van der Waals surface area contributed by atoms with E-state index >= 15 is 0 Å². The van der Waals surface area contributed by atoms with E-state index in [4.69, 9.17) is 0 Å². The average molecular weight is 376 g/mol. The highest BCUT2D eigenvalue weighted by Crippen LogP contribution is 2.29. The molecule has 0 saturated heterocycles. The Morgan fingerprint density at radius 2 is 1.28 bits per heavy atom. The third kappa shape index (κ3) is 4.64. The molecule has 0 atom stereocenters. The highest BCUT2D eigenvalue weighted by molar-refractivity contribution is 5.92. The molecule has 0 aliphatic carbocycles. The van der Waals surface area contributed by atoms with Crippen LogP contribution in [0.4, 0.5) is 11.4 Å². The lowest BCUT2D eigenvalue weighted by Crippen LogP contribution is -1.93. The first-order valence-corrected chi connectivity index (χ1v) is 9.96. The molecular weight excluding hydrogens is 350 g/mol. The van der Waals surface area contributed by atoms with Crippen LogP contribution in [0.1, 0.15) is 27.8 Å². The van der Waals surface area contributed by atoms with Crippen LogP contribution in [0, 0.1) is 13.8 Å². The van der Waals surface area contributed by atoms with E-state index in [1.807, 2.05) is 18.2 Å². The molecule has 0 aromatic heterocycles. The summed E-state index contributed by atoms with van der Waals surface area (Å²) in [5.74, 6) is 0. The molecule has 0 aliphatic rings. The Kier molecular flexibility index (Phi) is 5.58. The number of rotatable bonds is 5. The Morgan fingerprint density at radius 3 is 1.97 bits per heavy atom. The Balaban J connectivity index is 1.70. The molecule has 1 N–H and O–H groups in total. The van der Waals surface area contributed by atoms with Gasteiger partial charge in [-0.1, -0.05) is 84.4 Å². The molecule has 0 aliphatic heterocycles. The molecule has 0 heterocycles. The van der Waals surface area contributed by atoms with Crippen LogP contribution in [-0.4, -0.2) is 0 Å². The number of hydrogen-bond donors (Lipinski definition) is 1. The minimum absolute atomic E-state index is 1.08. The largest absolute Gasteiger partial charge is 0.356 e. The summed E-state index contributed by atoms with van der Waals surface area (Å²) in [5, 5.41) is 3.44. The zero-order chi connectivity index (χ0) is 20.1. The van der Waals surface area contributed by atoms with Crippen LogP contribution in [-0.2, 0) is 0 Å². The Labute approximate surface area is 173 Å². The number of aryl methyl sites for hydroxylation is 2. The van der Waals surface area contributed by atoms with Crippen LogP contribution in [0.3, 0.4) is 0 Å². The second-order valence-electron chi connectivity index (χ2n) is 7.36. The summed E-state index contributed by atoms with van der Waals surface area (Å²) >= 11 is 0. The predicted octanol–water partition coefficient (Wildman–Crippen LogP) is 7.64. The van der Waals surface area contributed by atoms with Crippen molar-refractivity contribution >= 4 is 23.0 Å². The molecule has 0 radical (unpaired) electrons. The van der Waals surface area contributed by atoms with Crippen LogP contribution in [0.5, 0.6) is 0 Å². The SMILES string of the molecule is Cc1ccc(C)c(/C(=C/c2ccc(Nc3ccccc3)cc2)c2ccccc2)c1. The molecule has 0 fully saturated rings. The predicted molar refractivity (Wildman–Crippen MR) is 125 cm³/mol. The zero-order valence-electron chi connectivity index (χ0n) is 16.9. The van der Waals surface area contributed by atoms with E-state index < -0.39 is 0 Å². The normalized spacial score (nSPS) is 11.3. The van der Waals surface area contributed by atoms with Crippen molar-refractivity contribution in [1.82, 2.24) is 0 Å². The Morgan fingerprint density at radius 1 is 0.655 bits per heavy atom. The smallest absolute Gasteiger partial charge is 0.0384 e. The summed E-state index contributed by atoms with van der Waals surface area (Å²) in [6.45, 7) is 4.33. The lowest BCUT2D eigenvalue weighted by atomic mass is 9.91. The van der Waals surface area contributed by atoms with E-state index in [2.05, 4.69) is 110 Å². The molecule has 0 unspecified atom stereocenters. The van der Waals surface area contributed by atoms with Crippen molar-refractivity contribution in [3.8, 4) is 0 Å². The molecule has 0 spiro atoms. The maximum atomic E-state index is 3.44. The fourth-order valence-electron chi connectivity index (χ4n) is 3.48. The minimum atomic E-state index is 1.08. The standard InChI is InChI=1S/C28H25N/c1-21-13-14-22(2)27(19-21)28(24-9-5-3-6-10-24)20-23-15-17-26(18-16-23)29-25-11-7-4-8-12-25/h3-20,29H,1-2H3/b28-20+. The summed E-state index contributed by atoms with van der Waals surface area (Å²) in [5.41, 5.74) is 9.68. The van der Waals surface area contributed by atoms with Gasteiger partial charge in [0.2, 0.25) is 0 Å². The molecule has 1 nitrogen and oxygen atoms in total. The molecule has 29 heavy (non-hydrogen) atoms. The number of anilines is 2. The summed E-state index contributed by atoms with van der Waals surface area (Å²) in [4.78, 5) is 0. The Hall–Kier alpha value is -3.58. The van der Waals surface area contributed by atoms with Crippen molar-refractivity contribution < 1.29 is 0 Å². The van der Waals surface area contributed by atoms with Gasteiger partial charge in [0, 0.05) is 11.4 Å². The van der Waals surface area contributed by atoms with Crippen LogP contribution in [0.2, 0.25) is 0 Å². The third-order valence-corrected chi connectivity index (χ3v) is 5.05. The maximum Gasteiger partial charge on any atom is 0.0384 e. The van der Waals surface area contributed by atoms with Crippen LogP contribution < -0.4 is 5.32 Å². The number of hydrogen-bond acceptors (Lipinski definition) is 1. The van der Waals surface area contributed by atoms with E-state index in [1.54, 1.807) is 0 Å². The van der Waals surface area contributed by atoms with Crippen molar-refractivity contribution in [3.63, 3.8) is 0 Å². The van der Waals surface area contributed by atoms with Crippen LogP contribution in [0.25, 0.3) is 11.6 Å². The third-order valence-electron chi connectivity index (χ3n) is 5.05. The van der Waals surface area contributed by atoms with Crippen molar-refractivity contribution in [2.75, 3.05) is 5.32 Å². The van der Waals surface area contributed by atoms with Gasteiger partial charge in [-0.15, -0.1) is 0 Å². The number of benzene rings is 4. The summed E-state index contributed by atoms with van der Waals surface area (Å²) < 4.78 is 0. The maximum absolute atomic E-state index is 3.44. The number of nitrogens with one attached hydrogen (secondary N) is 1. The lowest BCUT2D eigenvalue weighted by Gasteiger charge is -2.13. The Bertz CT molecular complexity index is 1110. The highest BCUT2D eigenvalue weighted by atomic mass is 14.9.